The molecule has 0 aromatic carbocycles. The Bertz CT molecular complexity index is 456. The van der Waals surface area contributed by atoms with Gasteiger partial charge in [0.15, 0.2) is 0 Å². The van der Waals surface area contributed by atoms with Crippen molar-refractivity contribution in [1.82, 2.24) is 20.2 Å². The second-order valence-corrected chi connectivity index (χ2v) is 3.47. The average molecular weight is 255 g/mol. The van der Waals surface area contributed by atoms with Crippen LogP contribution in [-0.4, -0.2) is 33.0 Å². The van der Waals surface area contributed by atoms with Crippen LogP contribution < -0.4 is 10.6 Å². The molecular formula is C9H13N5O4. The van der Waals surface area contributed by atoms with Crippen LogP contribution >= 0.6 is 0 Å². The molecule has 9 heteroatoms. The van der Waals surface area contributed by atoms with E-state index in [2.05, 4.69) is 15.6 Å². The van der Waals surface area contributed by atoms with Crippen molar-refractivity contribution in [3.63, 3.8) is 0 Å². The number of hydrogen-bond acceptors (Lipinski definition) is 5. The number of aromatic nitrogens is 2. The maximum atomic E-state index is 11.4. The number of carbonyl (C=O) groups is 2. The van der Waals surface area contributed by atoms with E-state index in [0.717, 1.165) is 18.9 Å². The Morgan fingerprint density at radius 2 is 2.28 bits per heavy atom. The van der Waals surface area contributed by atoms with Gasteiger partial charge in [-0.3, -0.25) is 10.1 Å². The van der Waals surface area contributed by atoms with E-state index in [1.165, 1.54) is 4.57 Å². The molecule has 1 heterocycles. The number of nitro groups is 1. The van der Waals surface area contributed by atoms with Crippen LogP contribution in [0.3, 0.4) is 0 Å². The van der Waals surface area contributed by atoms with Gasteiger partial charge in [-0.15, -0.1) is 0 Å². The smallest absolute Gasteiger partial charge is 0.358 e. The molecule has 0 saturated carbocycles. The van der Waals surface area contributed by atoms with Crippen molar-refractivity contribution < 1.29 is 14.5 Å². The molecule has 0 saturated heterocycles. The van der Waals surface area contributed by atoms with Gasteiger partial charge in [-0.25, -0.2) is 4.79 Å². The molecule has 0 aliphatic heterocycles. The van der Waals surface area contributed by atoms with Gasteiger partial charge < -0.3 is 20.0 Å². The number of imide groups is 1. The van der Waals surface area contributed by atoms with Gasteiger partial charge in [-0.2, -0.15) is 0 Å². The SMILES string of the molecule is CCCNC(=O)NC(=O)Cn1cnc([N+](=O)[O-])c1. The van der Waals surface area contributed by atoms with E-state index in [-0.39, 0.29) is 12.4 Å². The third-order valence-electron chi connectivity index (χ3n) is 1.92. The van der Waals surface area contributed by atoms with Gasteiger partial charge in [0.25, 0.3) is 0 Å². The van der Waals surface area contributed by atoms with Crippen LogP contribution in [-0.2, 0) is 11.3 Å². The summed E-state index contributed by atoms with van der Waals surface area (Å²) in [5.74, 6) is -0.922. The van der Waals surface area contributed by atoms with Crippen molar-refractivity contribution in [2.75, 3.05) is 6.54 Å². The maximum absolute atomic E-state index is 11.4. The number of hydrogen-bond donors (Lipinski definition) is 2. The molecule has 18 heavy (non-hydrogen) atoms. The Labute approximate surface area is 102 Å². The van der Waals surface area contributed by atoms with Gasteiger partial charge in [-0.05, 0) is 16.3 Å². The largest absolute Gasteiger partial charge is 0.381 e. The summed E-state index contributed by atoms with van der Waals surface area (Å²) in [7, 11) is 0. The zero-order chi connectivity index (χ0) is 13.5. The normalized spacial score (nSPS) is 9.83. The highest BCUT2D eigenvalue weighted by atomic mass is 16.6. The molecule has 98 valence electrons. The first-order valence-corrected chi connectivity index (χ1v) is 5.26. The predicted molar refractivity (Wildman–Crippen MR) is 60.7 cm³/mol. The van der Waals surface area contributed by atoms with E-state index in [9.17, 15) is 19.7 Å². The standard InChI is InChI=1S/C9H13N5O4/c1-2-3-10-9(16)12-8(15)5-13-4-7(11-6-13)14(17)18/h4,6H,2-3,5H2,1H3,(H2,10,12,15,16). The van der Waals surface area contributed by atoms with E-state index < -0.39 is 16.9 Å². The summed E-state index contributed by atoms with van der Waals surface area (Å²) in [6, 6.07) is -0.587. The van der Waals surface area contributed by atoms with Gasteiger partial charge >= 0.3 is 11.8 Å². The van der Waals surface area contributed by atoms with Crippen LogP contribution in [0.4, 0.5) is 10.6 Å². The number of urea groups is 1. The van der Waals surface area contributed by atoms with Crippen molar-refractivity contribution in [1.29, 1.82) is 0 Å². The molecule has 0 unspecified atom stereocenters. The predicted octanol–water partition coefficient (Wildman–Crippen LogP) is 0.0271. The molecule has 0 atom stereocenters. The van der Waals surface area contributed by atoms with Crippen molar-refractivity contribution in [2.24, 2.45) is 0 Å². The molecule has 0 spiro atoms. The van der Waals surface area contributed by atoms with Crippen molar-refractivity contribution in [3.05, 3.63) is 22.6 Å². The molecule has 1 aromatic heterocycles. The van der Waals surface area contributed by atoms with E-state index in [4.69, 9.17) is 0 Å². The van der Waals surface area contributed by atoms with E-state index >= 15 is 0 Å². The fraction of sp³-hybridized carbons (Fsp3) is 0.444. The van der Waals surface area contributed by atoms with E-state index in [1.807, 2.05) is 6.92 Å². The molecule has 0 aliphatic rings. The van der Waals surface area contributed by atoms with Gasteiger partial charge in [0.1, 0.15) is 12.7 Å². The summed E-state index contributed by atoms with van der Waals surface area (Å²) in [5, 5.41) is 14.9. The molecule has 3 amide bonds. The van der Waals surface area contributed by atoms with Crippen LogP contribution in [0.2, 0.25) is 0 Å². The van der Waals surface area contributed by atoms with Crippen molar-refractivity contribution in [2.45, 2.75) is 19.9 Å². The molecule has 0 bridgehead atoms. The van der Waals surface area contributed by atoms with Crippen LogP contribution in [0.15, 0.2) is 12.5 Å². The summed E-state index contributed by atoms with van der Waals surface area (Å²) in [4.78, 5) is 35.7. The Morgan fingerprint density at radius 1 is 1.56 bits per heavy atom. The van der Waals surface area contributed by atoms with E-state index in [1.54, 1.807) is 0 Å². The lowest BCUT2D eigenvalue weighted by Gasteiger charge is -2.05. The summed E-state index contributed by atoms with van der Waals surface area (Å²) in [6.45, 7) is 2.14. The summed E-state index contributed by atoms with van der Waals surface area (Å²) in [6.07, 6.45) is 3.03. The second-order valence-electron chi connectivity index (χ2n) is 3.47. The molecule has 2 N–H and O–H groups in total. The number of nitrogens with one attached hydrogen (secondary N) is 2. The van der Waals surface area contributed by atoms with Crippen LogP contribution in [0, 0.1) is 10.1 Å². The number of carbonyl (C=O) groups excluding carboxylic acids is 2. The molecule has 0 fully saturated rings. The van der Waals surface area contributed by atoms with E-state index in [0.29, 0.717) is 6.54 Å². The van der Waals surface area contributed by atoms with Crippen LogP contribution in [0.1, 0.15) is 13.3 Å². The van der Waals surface area contributed by atoms with Gasteiger partial charge in [-0.1, -0.05) is 6.92 Å². The lowest BCUT2D eigenvalue weighted by molar-refractivity contribution is -0.389. The lowest BCUT2D eigenvalue weighted by Crippen LogP contribution is -2.41. The lowest BCUT2D eigenvalue weighted by atomic mass is 10.5. The number of imidazole rings is 1. The minimum absolute atomic E-state index is 0.208. The van der Waals surface area contributed by atoms with Gasteiger partial charge in [0, 0.05) is 6.54 Å². The molecule has 1 rings (SSSR count). The van der Waals surface area contributed by atoms with Crippen molar-refractivity contribution >= 4 is 17.8 Å². The highest BCUT2D eigenvalue weighted by Crippen LogP contribution is 2.04. The quantitative estimate of drug-likeness (QED) is 0.568. The minimum atomic E-state index is -0.664. The monoisotopic (exact) mass is 255 g/mol. The summed E-state index contributed by atoms with van der Waals surface area (Å²) < 4.78 is 1.22. The van der Waals surface area contributed by atoms with Gasteiger partial charge in [0.05, 0.1) is 0 Å². The fourth-order valence-corrected chi connectivity index (χ4v) is 1.14. The first-order chi connectivity index (χ1) is 8.52. The average Bonchev–Trinajstić information content (AvgIpc) is 2.74. The zero-order valence-corrected chi connectivity index (χ0v) is 9.75. The maximum Gasteiger partial charge on any atom is 0.381 e. The van der Waals surface area contributed by atoms with Crippen molar-refractivity contribution in [3.8, 4) is 0 Å². The Hall–Kier alpha value is -2.45. The Kier molecular flexibility index (Phi) is 4.78. The fourth-order valence-electron chi connectivity index (χ4n) is 1.14. The van der Waals surface area contributed by atoms with Gasteiger partial charge in [0.2, 0.25) is 12.2 Å². The first-order valence-electron chi connectivity index (χ1n) is 5.26. The van der Waals surface area contributed by atoms with Crippen LogP contribution in [0.25, 0.3) is 0 Å². The second kappa shape index (κ2) is 6.33. The molecule has 0 aliphatic carbocycles. The summed E-state index contributed by atoms with van der Waals surface area (Å²) in [5.41, 5.74) is 0. The third kappa shape index (κ3) is 4.20. The third-order valence-corrected chi connectivity index (χ3v) is 1.92. The number of amides is 3. The minimum Gasteiger partial charge on any atom is -0.358 e. The topological polar surface area (TPSA) is 119 Å². The molecule has 1 aromatic rings. The number of nitrogens with zero attached hydrogens (tertiary/aromatic N) is 3. The highest BCUT2D eigenvalue weighted by Gasteiger charge is 2.13. The summed E-state index contributed by atoms with van der Waals surface area (Å²) >= 11 is 0. The Morgan fingerprint density at radius 3 is 2.83 bits per heavy atom. The Balaban J connectivity index is 2.44. The highest BCUT2D eigenvalue weighted by molar-refractivity contribution is 5.94. The molecular weight excluding hydrogens is 242 g/mol. The first kappa shape index (κ1) is 13.6. The number of rotatable bonds is 5. The molecule has 0 radical (unpaired) electrons. The van der Waals surface area contributed by atoms with Crippen LogP contribution in [0.5, 0.6) is 0 Å². The zero-order valence-electron chi connectivity index (χ0n) is 9.75. The molecule has 9 nitrogen and oxygen atoms in total.